The number of rotatable bonds is 31. The van der Waals surface area contributed by atoms with Gasteiger partial charge in [-0.15, -0.1) is 0 Å². The summed E-state index contributed by atoms with van der Waals surface area (Å²) in [4.78, 5) is 85.0. The second kappa shape index (κ2) is 26.1. The maximum atomic E-state index is 12.8. The van der Waals surface area contributed by atoms with Gasteiger partial charge in [-0.25, -0.2) is 0 Å². The largest absolute Gasteiger partial charge is 0.481 e. The Balaban J connectivity index is 1.32. The molecule has 1 aromatic carbocycles. The van der Waals surface area contributed by atoms with E-state index in [0.29, 0.717) is 12.0 Å². The van der Waals surface area contributed by atoms with Crippen molar-refractivity contribution >= 4 is 47.2 Å². The second-order valence-electron chi connectivity index (χ2n) is 12.8. The molecule has 2 atom stereocenters. The molecular weight excluding hydrogens is 752 g/mol. The molecule has 0 spiro atoms. The smallest absolute Gasteiger partial charge is 0.313 e. The van der Waals surface area contributed by atoms with Crippen LogP contribution < -0.4 is 15.8 Å². The molecule has 1 unspecified atom stereocenters. The van der Waals surface area contributed by atoms with Crippen LogP contribution in [0.4, 0.5) is 5.69 Å². The van der Waals surface area contributed by atoms with Crippen LogP contribution in [0.25, 0.3) is 0 Å². The topological polar surface area (TPSA) is 249 Å². The monoisotopic (exact) mass is 804 g/mol. The lowest BCUT2D eigenvalue weighted by Crippen LogP contribution is -2.33. The van der Waals surface area contributed by atoms with Gasteiger partial charge in [0.25, 0.3) is 23.6 Å². The molecule has 19 nitrogen and oxygen atoms in total. The van der Waals surface area contributed by atoms with Gasteiger partial charge in [-0.05, 0) is 30.5 Å². The number of imide groups is 2. The minimum Gasteiger partial charge on any atom is -0.481 e. The number of carbonyl (C=O) groups is 7. The third kappa shape index (κ3) is 18.3. The summed E-state index contributed by atoms with van der Waals surface area (Å²) in [6.45, 7) is 4.39. The molecule has 2 aliphatic rings. The van der Waals surface area contributed by atoms with Crippen molar-refractivity contribution in [2.24, 2.45) is 11.7 Å². The average Bonchev–Trinajstić information content (AvgIpc) is 3.67. The zero-order valence-corrected chi connectivity index (χ0v) is 32.1. The van der Waals surface area contributed by atoms with Crippen LogP contribution >= 0.6 is 0 Å². The van der Waals surface area contributed by atoms with Gasteiger partial charge >= 0.3 is 11.9 Å². The molecular formula is C38H52N4O15. The molecule has 0 bridgehead atoms. The van der Waals surface area contributed by atoms with E-state index in [2.05, 4.69) is 5.32 Å². The van der Waals surface area contributed by atoms with Gasteiger partial charge in [0.1, 0.15) is 0 Å². The standard InChI is InChI=1S/C38H52N4O15/c1-27(38(49)50)24-29(39)25-28-2-3-31(57-37(48)9-13-52-17-21-56-23-19-54-15-11-42-35(46)6-7-36(42)47)30(26-28)40-32(43)8-12-51-16-20-55-22-18-53-14-10-41-33(44)4-5-34(41)45/h2-7,26-27,29H,8-25,39H2,1H3,(H,40,43)(H,49,50)/t27?,29-/m1/s1. The Hall–Kier alpha value is -4.89. The molecule has 0 saturated carbocycles. The highest BCUT2D eigenvalue weighted by molar-refractivity contribution is 6.13. The fourth-order valence-corrected chi connectivity index (χ4v) is 5.24. The van der Waals surface area contributed by atoms with E-state index in [9.17, 15) is 38.7 Å². The summed E-state index contributed by atoms with van der Waals surface area (Å²) in [7, 11) is 0. The quantitative estimate of drug-likeness (QED) is 0.0394. The average molecular weight is 805 g/mol. The summed E-state index contributed by atoms with van der Waals surface area (Å²) in [5.41, 5.74) is 7.13. The summed E-state index contributed by atoms with van der Waals surface area (Å²) < 4.78 is 38.1. The molecule has 2 aliphatic heterocycles. The van der Waals surface area contributed by atoms with Gasteiger partial charge in [-0.2, -0.15) is 0 Å². The predicted octanol–water partition coefficient (Wildman–Crippen LogP) is 0.241. The maximum absolute atomic E-state index is 12.8. The zero-order chi connectivity index (χ0) is 41.4. The van der Waals surface area contributed by atoms with Crippen LogP contribution in [0.3, 0.4) is 0 Å². The van der Waals surface area contributed by atoms with E-state index < -0.39 is 29.8 Å². The number of hydrogen-bond donors (Lipinski definition) is 3. The van der Waals surface area contributed by atoms with Crippen molar-refractivity contribution in [2.75, 3.05) is 97.7 Å². The third-order valence-corrected chi connectivity index (χ3v) is 8.25. The molecule has 0 radical (unpaired) electrons. The first-order valence-corrected chi connectivity index (χ1v) is 18.6. The molecule has 19 heteroatoms. The number of esters is 1. The molecule has 2 heterocycles. The van der Waals surface area contributed by atoms with Crippen LogP contribution in [0.5, 0.6) is 5.75 Å². The Bertz CT molecular complexity index is 1550. The number of amides is 5. The Kier molecular flexibility index (Phi) is 21.3. The van der Waals surface area contributed by atoms with E-state index in [0.717, 1.165) is 9.80 Å². The van der Waals surface area contributed by atoms with Gasteiger partial charge in [0.05, 0.1) is 117 Å². The number of aliphatic carboxylic acids is 1. The molecule has 0 aromatic heterocycles. The lowest BCUT2D eigenvalue weighted by atomic mass is 9.96. The van der Waals surface area contributed by atoms with E-state index in [-0.39, 0.29) is 147 Å². The zero-order valence-electron chi connectivity index (χ0n) is 32.1. The van der Waals surface area contributed by atoms with Gasteiger partial charge in [-0.3, -0.25) is 43.4 Å². The number of anilines is 1. The molecule has 57 heavy (non-hydrogen) atoms. The van der Waals surface area contributed by atoms with Crippen LogP contribution in [0.1, 0.15) is 31.7 Å². The minimum absolute atomic E-state index is 0.0144. The number of hydrogen-bond acceptors (Lipinski definition) is 15. The van der Waals surface area contributed by atoms with Crippen molar-refractivity contribution in [3.63, 3.8) is 0 Å². The molecule has 0 fully saturated rings. The van der Waals surface area contributed by atoms with Crippen LogP contribution in [-0.2, 0) is 68.4 Å². The SMILES string of the molecule is CC(C[C@@H](N)Cc1ccc(OC(=O)CCOCCOCCOCCN2C(=O)C=CC2=O)c(NC(=O)CCOCCOCCOCCN2C(=O)C=CC2=O)c1)C(=O)O. The Morgan fingerprint density at radius 1 is 0.667 bits per heavy atom. The fraction of sp³-hybridized carbons (Fsp3) is 0.553. The predicted molar refractivity (Wildman–Crippen MR) is 200 cm³/mol. The minimum atomic E-state index is -0.951. The number of nitrogens with one attached hydrogen (secondary N) is 1. The summed E-state index contributed by atoms with van der Waals surface area (Å²) in [6, 6.07) is 4.38. The molecule has 0 saturated heterocycles. The summed E-state index contributed by atoms with van der Waals surface area (Å²) in [5.74, 6) is -3.96. The lowest BCUT2D eigenvalue weighted by Gasteiger charge is -2.17. The Morgan fingerprint density at radius 2 is 1.11 bits per heavy atom. The molecule has 4 N–H and O–H groups in total. The van der Waals surface area contributed by atoms with Gasteiger partial charge in [0.2, 0.25) is 5.91 Å². The molecule has 0 aliphatic carbocycles. The molecule has 1 aromatic rings. The van der Waals surface area contributed by atoms with Crippen molar-refractivity contribution in [3.8, 4) is 5.75 Å². The number of benzene rings is 1. The van der Waals surface area contributed by atoms with Crippen LogP contribution in [0, 0.1) is 5.92 Å². The van der Waals surface area contributed by atoms with Crippen molar-refractivity contribution in [2.45, 2.75) is 38.6 Å². The van der Waals surface area contributed by atoms with E-state index in [4.69, 9.17) is 38.9 Å². The van der Waals surface area contributed by atoms with E-state index in [1.807, 2.05) is 0 Å². The normalized spacial score (nSPS) is 14.8. The van der Waals surface area contributed by atoms with Gasteiger partial charge in [0, 0.05) is 30.3 Å². The van der Waals surface area contributed by atoms with Crippen molar-refractivity contribution in [1.82, 2.24) is 9.80 Å². The number of ether oxygens (including phenoxy) is 7. The first-order chi connectivity index (χ1) is 27.4. The summed E-state index contributed by atoms with van der Waals surface area (Å²) in [5, 5.41) is 12.0. The summed E-state index contributed by atoms with van der Waals surface area (Å²) in [6.07, 6.45) is 5.31. The Morgan fingerprint density at radius 3 is 1.58 bits per heavy atom. The molecule has 3 rings (SSSR count). The van der Waals surface area contributed by atoms with Gasteiger partial charge in [-0.1, -0.05) is 13.0 Å². The first-order valence-electron chi connectivity index (χ1n) is 18.6. The van der Waals surface area contributed by atoms with Crippen molar-refractivity contribution in [1.29, 1.82) is 0 Å². The van der Waals surface area contributed by atoms with Crippen LogP contribution in [0.15, 0.2) is 42.5 Å². The van der Waals surface area contributed by atoms with Gasteiger partial charge < -0.3 is 49.3 Å². The molecule has 5 amide bonds. The highest BCUT2D eigenvalue weighted by Crippen LogP contribution is 2.28. The van der Waals surface area contributed by atoms with Crippen LogP contribution in [-0.4, -0.2) is 155 Å². The van der Waals surface area contributed by atoms with E-state index in [1.165, 1.54) is 30.4 Å². The third-order valence-electron chi connectivity index (χ3n) is 8.25. The van der Waals surface area contributed by atoms with E-state index in [1.54, 1.807) is 19.1 Å². The number of carbonyl (C=O) groups excluding carboxylic acids is 6. The van der Waals surface area contributed by atoms with Crippen molar-refractivity contribution in [3.05, 3.63) is 48.1 Å². The van der Waals surface area contributed by atoms with Crippen molar-refractivity contribution < 1.29 is 71.8 Å². The number of carboxylic acids is 1. The number of carboxylic acid groups (broad SMARTS) is 1. The number of nitrogens with two attached hydrogens (primary N) is 1. The first kappa shape index (κ1) is 46.5. The maximum Gasteiger partial charge on any atom is 0.313 e. The van der Waals surface area contributed by atoms with E-state index >= 15 is 0 Å². The Labute approximate surface area is 330 Å². The van der Waals surface area contributed by atoms with Gasteiger partial charge in [0.15, 0.2) is 5.75 Å². The highest BCUT2D eigenvalue weighted by atomic mass is 16.6. The fourth-order valence-electron chi connectivity index (χ4n) is 5.24. The lowest BCUT2D eigenvalue weighted by molar-refractivity contribution is -0.142. The molecule has 314 valence electrons. The second-order valence-corrected chi connectivity index (χ2v) is 12.8. The highest BCUT2D eigenvalue weighted by Gasteiger charge is 2.23. The number of nitrogens with zero attached hydrogens (tertiary/aromatic N) is 2. The van der Waals surface area contributed by atoms with Crippen LogP contribution in [0.2, 0.25) is 0 Å². The summed E-state index contributed by atoms with van der Waals surface area (Å²) >= 11 is 0.